The minimum absolute atomic E-state index is 0.0211. The number of aromatic hydroxyl groups is 1. The maximum atomic E-state index is 13.3. The third-order valence-corrected chi connectivity index (χ3v) is 2.51. The summed E-state index contributed by atoms with van der Waals surface area (Å²) in [5.74, 6) is -1.80. The van der Waals surface area contributed by atoms with Crippen molar-refractivity contribution in [3.8, 4) is 5.75 Å². The summed E-state index contributed by atoms with van der Waals surface area (Å²) in [7, 11) is 0. The Morgan fingerprint density at radius 3 is 2.58 bits per heavy atom. The molecule has 0 bridgehead atoms. The SMILES string of the molecule is O=C(/C=C/c1ccc(F)cc1F)c1cccc(O)c1. The van der Waals surface area contributed by atoms with E-state index in [4.69, 9.17) is 0 Å². The van der Waals surface area contributed by atoms with Crippen LogP contribution in [-0.2, 0) is 0 Å². The van der Waals surface area contributed by atoms with E-state index in [1.807, 2.05) is 0 Å². The average molecular weight is 260 g/mol. The molecule has 0 fully saturated rings. The summed E-state index contributed by atoms with van der Waals surface area (Å²) < 4.78 is 26.0. The Bertz CT molecular complexity index is 648. The fourth-order valence-corrected chi connectivity index (χ4v) is 1.56. The number of hydrogen-bond acceptors (Lipinski definition) is 2. The zero-order valence-electron chi connectivity index (χ0n) is 9.81. The van der Waals surface area contributed by atoms with Crippen molar-refractivity contribution in [2.45, 2.75) is 0 Å². The summed E-state index contributed by atoms with van der Waals surface area (Å²) in [6.07, 6.45) is 2.44. The average Bonchev–Trinajstić information content (AvgIpc) is 2.37. The van der Waals surface area contributed by atoms with Crippen LogP contribution in [0.3, 0.4) is 0 Å². The maximum Gasteiger partial charge on any atom is 0.185 e. The first-order chi connectivity index (χ1) is 9.06. The number of phenolic OH excluding ortho intramolecular Hbond substituents is 1. The molecule has 0 aliphatic carbocycles. The Kier molecular flexibility index (Phi) is 3.71. The van der Waals surface area contributed by atoms with Crippen LogP contribution in [0.5, 0.6) is 5.75 Å². The molecule has 2 aromatic rings. The molecule has 0 aliphatic rings. The van der Waals surface area contributed by atoms with E-state index in [9.17, 15) is 18.7 Å². The van der Waals surface area contributed by atoms with Gasteiger partial charge >= 0.3 is 0 Å². The van der Waals surface area contributed by atoms with Crippen LogP contribution in [0.1, 0.15) is 15.9 Å². The molecule has 0 amide bonds. The quantitative estimate of drug-likeness (QED) is 0.676. The lowest BCUT2D eigenvalue weighted by molar-refractivity contribution is 0.104. The Morgan fingerprint density at radius 1 is 1.11 bits per heavy atom. The van der Waals surface area contributed by atoms with Crippen LogP contribution in [0.2, 0.25) is 0 Å². The fourth-order valence-electron chi connectivity index (χ4n) is 1.56. The molecule has 0 atom stereocenters. The molecular weight excluding hydrogens is 250 g/mol. The van der Waals surface area contributed by atoms with E-state index in [1.54, 1.807) is 0 Å². The molecule has 0 radical (unpaired) electrons. The van der Waals surface area contributed by atoms with Gasteiger partial charge < -0.3 is 5.11 Å². The first-order valence-corrected chi connectivity index (χ1v) is 5.53. The minimum atomic E-state index is -0.736. The third kappa shape index (κ3) is 3.25. The summed E-state index contributed by atoms with van der Waals surface area (Å²) in [4.78, 5) is 11.8. The van der Waals surface area contributed by atoms with Crippen LogP contribution in [-0.4, -0.2) is 10.9 Å². The summed E-state index contributed by atoms with van der Waals surface area (Å²) in [6, 6.07) is 8.94. The van der Waals surface area contributed by atoms with Crippen molar-refractivity contribution in [1.82, 2.24) is 0 Å². The molecule has 0 aromatic heterocycles. The summed E-state index contributed by atoms with van der Waals surface area (Å²) in [6.45, 7) is 0. The second kappa shape index (κ2) is 5.44. The van der Waals surface area contributed by atoms with Crippen LogP contribution >= 0.6 is 0 Å². The van der Waals surface area contributed by atoms with E-state index in [0.717, 1.165) is 12.1 Å². The lowest BCUT2D eigenvalue weighted by Gasteiger charge is -1.98. The molecule has 0 aliphatic heterocycles. The number of halogens is 2. The standard InChI is InChI=1S/C15H10F2O2/c16-12-6-4-10(14(17)9-12)5-7-15(19)11-2-1-3-13(18)8-11/h1-9,18H/b7-5+. The molecule has 2 nitrogen and oxygen atoms in total. The highest BCUT2D eigenvalue weighted by atomic mass is 19.1. The topological polar surface area (TPSA) is 37.3 Å². The first-order valence-electron chi connectivity index (χ1n) is 5.53. The van der Waals surface area contributed by atoms with Gasteiger partial charge in [-0.1, -0.05) is 12.1 Å². The smallest absolute Gasteiger partial charge is 0.185 e. The predicted molar refractivity (Wildman–Crippen MR) is 67.8 cm³/mol. The van der Waals surface area contributed by atoms with Crippen molar-refractivity contribution in [1.29, 1.82) is 0 Å². The Morgan fingerprint density at radius 2 is 1.89 bits per heavy atom. The molecule has 0 spiro atoms. The molecule has 2 rings (SSSR count). The Labute approximate surface area is 108 Å². The fraction of sp³-hybridized carbons (Fsp3) is 0. The minimum Gasteiger partial charge on any atom is -0.508 e. The predicted octanol–water partition coefficient (Wildman–Crippen LogP) is 3.57. The van der Waals surface area contributed by atoms with Gasteiger partial charge in [-0.3, -0.25) is 4.79 Å². The zero-order valence-corrected chi connectivity index (χ0v) is 9.81. The number of rotatable bonds is 3. The molecule has 1 N–H and O–H groups in total. The van der Waals surface area contributed by atoms with Crippen molar-refractivity contribution >= 4 is 11.9 Å². The van der Waals surface area contributed by atoms with E-state index < -0.39 is 11.6 Å². The van der Waals surface area contributed by atoms with Gasteiger partial charge in [0.05, 0.1) is 0 Å². The molecule has 19 heavy (non-hydrogen) atoms. The number of ketones is 1. The van der Waals surface area contributed by atoms with Gasteiger partial charge in [-0.25, -0.2) is 8.78 Å². The highest BCUT2D eigenvalue weighted by Gasteiger charge is 2.04. The van der Waals surface area contributed by atoms with E-state index in [2.05, 4.69) is 0 Å². The lowest BCUT2D eigenvalue weighted by atomic mass is 10.1. The van der Waals surface area contributed by atoms with E-state index >= 15 is 0 Å². The van der Waals surface area contributed by atoms with Gasteiger partial charge in [-0.05, 0) is 36.4 Å². The molecule has 4 heteroatoms. The van der Waals surface area contributed by atoms with Gasteiger partial charge in [0.15, 0.2) is 5.78 Å². The second-order valence-electron chi connectivity index (χ2n) is 3.91. The molecule has 96 valence electrons. The molecule has 0 saturated heterocycles. The first kappa shape index (κ1) is 13.0. The van der Waals surface area contributed by atoms with Crippen molar-refractivity contribution in [3.05, 3.63) is 71.3 Å². The highest BCUT2D eigenvalue weighted by molar-refractivity contribution is 6.07. The number of carbonyl (C=O) groups is 1. The largest absolute Gasteiger partial charge is 0.508 e. The molecule has 2 aromatic carbocycles. The van der Waals surface area contributed by atoms with Crippen molar-refractivity contribution in [3.63, 3.8) is 0 Å². The molecule has 0 heterocycles. The van der Waals surface area contributed by atoms with Gasteiger partial charge in [0.25, 0.3) is 0 Å². The molecule has 0 saturated carbocycles. The monoisotopic (exact) mass is 260 g/mol. The highest BCUT2D eigenvalue weighted by Crippen LogP contribution is 2.14. The number of benzene rings is 2. The van der Waals surface area contributed by atoms with Crippen molar-refractivity contribution < 1.29 is 18.7 Å². The van der Waals surface area contributed by atoms with Gasteiger partial charge in [0.2, 0.25) is 0 Å². The maximum absolute atomic E-state index is 13.3. The van der Waals surface area contributed by atoms with E-state index in [1.165, 1.54) is 42.5 Å². The second-order valence-corrected chi connectivity index (χ2v) is 3.91. The number of hydrogen-bond donors (Lipinski definition) is 1. The summed E-state index contributed by atoms with van der Waals surface area (Å²) >= 11 is 0. The summed E-state index contributed by atoms with van der Waals surface area (Å²) in [5.41, 5.74) is 0.411. The van der Waals surface area contributed by atoms with Crippen LogP contribution in [0.25, 0.3) is 6.08 Å². The number of carbonyl (C=O) groups excluding carboxylic acids is 1. The van der Waals surface area contributed by atoms with Crippen molar-refractivity contribution in [2.75, 3.05) is 0 Å². The molecular formula is C15H10F2O2. The normalized spacial score (nSPS) is 10.8. The van der Waals surface area contributed by atoms with Gasteiger partial charge in [-0.15, -0.1) is 0 Å². The van der Waals surface area contributed by atoms with Crippen LogP contribution < -0.4 is 0 Å². The van der Waals surface area contributed by atoms with E-state index in [-0.39, 0.29) is 17.1 Å². The zero-order chi connectivity index (χ0) is 13.8. The van der Waals surface area contributed by atoms with Crippen LogP contribution in [0.4, 0.5) is 8.78 Å². The lowest BCUT2D eigenvalue weighted by Crippen LogP contribution is -1.93. The Balaban J connectivity index is 2.21. The van der Waals surface area contributed by atoms with Crippen LogP contribution in [0, 0.1) is 11.6 Å². The summed E-state index contributed by atoms with van der Waals surface area (Å²) in [5, 5.41) is 9.24. The number of phenols is 1. The van der Waals surface area contributed by atoms with Gasteiger partial charge in [0.1, 0.15) is 17.4 Å². The van der Waals surface area contributed by atoms with Gasteiger partial charge in [0, 0.05) is 17.2 Å². The number of allylic oxidation sites excluding steroid dienone is 1. The van der Waals surface area contributed by atoms with Gasteiger partial charge in [-0.2, -0.15) is 0 Å². The van der Waals surface area contributed by atoms with Crippen LogP contribution in [0.15, 0.2) is 48.5 Å². The van der Waals surface area contributed by atoms with Crippen molar-refractivity contribution in [2.24, 2.45) is 0 Å². The molecule has 0 unspecified atom stereocenters. The Hall–Kier alpha value is -2.49. The third-order valence-electron chi connectivity index (χ3n) is 2.51. The van der Waals surface area contributed by atoms with E-state index in [0.29, 0.717) is 5.56 Å².